The third kappa shape index (κ3) is 1.98. The van der Waals surface area contributed by atoms with Gasteiger partial charge in [-0.3, -0.25) is 0 Å². The Morgan fingerprint density at radius 1 is 0.500 bits per heavy atom. The van der Waals surface area contributed by atoms with Gasteiger partial charge < -0.3 is 17.9 Å². The summed E-state index contributed by atoms with van der Waals surface area (Å²) in [6, 6.07) is 0. The molecule has 8 nitrogen and oxygen atoms in total. The van der Waals surface area contributed by atoms with Gasteiger partial charge in [-0.25, -0.2) is 19.9 Å². The Morgan fingerprint density at radius 3 is 0.955 bits per heavy atom. The summed E-state index contributed by atoms with van der Waals surface area (Å²) < 4.78 is 8.08. The van der Waals surface area contributed by atoms with Gasteiger partial charge in [0.25, 0.3) is 0 Å². The van der Waals surface area contributed by atoms with Crippen LogP contribution in [0.25, 0.3) is 0 Å². The highest BCUT2D eigenvalue weighted by molar-refractivity contribution is 6.73. The van der Waals surface area contributed by atoms with Gasteiger partial charge in [0, 0.05) is 24.8 Å². The van der Waals surface area contributed by atoms with Gasteiger partial charge in [-0.15, -0.1) is 0 Å². The minimum Gasteiger partial charge on any atom is -0.455 e. The smallest absolute Gasteiger partial charge is 0.405 e. The lowest BCUT2D eigenvalue weighted by molar-refractivity contribution is -0.00000466. The minimum atomic E-state index is -1.64. The van der Waals surface area contributed by atoms with Gasteiger partial charge in [0.05, 0.1) is 25.3 Å². The van der Waals surface area contributed by atoms with Crippen molar-refractivity contribution < 1.29 is 24.0 Å². The van der Waals surface area contributed by atoms with Crippen molar-refractivity contribution in [3.05, 3.63) is 74.9 Å². The normalized spacial score (nSPS) is 11.3. The topological polar surface area (TPSA) is 71.3 Å². The zero-order valence-corrected chi connectivity index (χ0v) is 14.1. The Balaban J connectivity index is 0.00000144. The van der Waals surface area contributed by atoms with Crippen molar-refractivity contribution in [2.75, 3.05) is 0 Å². The van der Waals surface area contributed by atoms with E-state index >= 15 is 0 Å². The van der Waals surface area contributed by atoms with Crippen LogP contribution in [0, 0.1) is 0 Å². The zero-order valence-electron chi connectivity index (χ0n) is 11.5. The maximum absolute atomic E-state index is 4.20. The van der Waals surface area contributed by atoms with Crippen LogP contribution in [0.3, 0.4) is 0 Å². The molecule has 0 fully saturated rings. The number of halogens is 1. The molecule has 0 aliphatic carbocycles. The number of rotatable bonds is 4. The molecule has 0 N–H and O–H groups in total. The second-order valence-corrected chi connectivity index (χ2v) is 4.73. The van der Waals surface area contributed by atoms with Crippen LogP contribution in [0.4, 0.5) is 0 Å². The van der Waals surface area contributed by atoms with Crippen LogP contribution in [0.15, 0.2) is 74.9 Å². The highest BCUT2D eigenvalue weighted by atomic mass is 127. The van der Waals surface area contributed by atoms with E-state index in [1.807, 2.05) is 42.7 Å². The molecule has 0 radical (unpaired) electrons. The number of aromatic nitrogens is 8. The van der Waals surface area contributed by atoms with E-state index < -0.39 is 6.69 Å². The first-order valence-corrected chi connectivity index (χ1v) is 6.50. The van der Waals surface area contributed by atoms with Crippen LogP contribution in [0.1, 0.15) is 0 Å². The summed E-state index contributed by atoms with van der Waals surface area (Å²) in [5.41, 5.74) is 0. The van der Waals surface area contributed by atoms with E-state index in [9.17, 15) is 0 Å². The predicted octanol–water partition coefficient (Wildman–Crippen LogP) is -3.13. The Kier molecular flexibility index (Phi) is 3.83. The van der Waals surface area contributed by atoms with Gasteiger partial charge in [-0.05, 0) is 24.8 Å². The third-order valence-corrected chi connectivity index (χ3v) is 3.70. The maximum Gasteiger partial charge on any atom is 0.405 e. The van der Waals surface area contributed by atoms with E-state index in [0.717, 1.165) is 0 Å². The Hall–Kier alpha value is -2.37. The van der Waals surface area contributed by atoms with Crippen molar-refractivity contribution in [1.82, 2.24) is 37.8 Å². The largest absolute Gasteiger partial charge is 0.455 e. The lowest BCUT2D eigenvalue weighted by Crippen LogP contribution is -3.00. The van der Waals surface area contributed by atoms with Crippen LogP contribution in [0.5, 0.6) is 0 Å². The molecule has 4 aromatic rings. The molecular formula is C12H14BIN8. The average molecular weight is 408 g/mol. The van der Waals surface area contributed by atoms with E-state index in [1.54, 1.807) is 50.1 Å². The summed E-state index contributed by atoms with van der Waals surface area (Å²) >= 11 is 0. The lowest BCUT2D eigenvalue weighted by Gasteiger charge is -2.45. The molecule has 0 unspecified atom stereocenters. The fraction of sp³-hybridized carbons (Fsp3) is 0. The fourth-order valence-electron chi connectivity index (χ4n) is 2.82. The standard InChI is InChI=1S/C12H12BN8.H2I/c1-5-18(9-14-1)13(19-6-2-15-10-19,20-7-3-16-11-20)21-8-4-17-12-21;/h1-12H;1H2/q-1;+1. The fourth-order valence-corrected chi connectivity index (χ4v) is 2.82. The summed E-state index contributed by atoms with van der Waals surface area (Å²) in [7, 11) is 0. The second-order valence-electron chi connectivity index (χ2n) is 4.73. The Labute approximate surface area is 143 Å². The van der Waals surface area contributed by atoms with E-state index in [4.69, 9.17) is 0 Å². The summed E-state index contributed by atoms with van der Waals surface area (Å²) in [4.78, 5) is 16.8. The van der Waals surface area contributed by atoms with Crippen molar-refractivity contribution >= 4 is 6.69 Å². The maximum atomic E-state index is 4.20. The number of nitrogens with zero attached hydrogens (tertiary/aromatic N) is 8. The number of hydrogen-bond acceptors (Lipinski definition) is 4. The van der Waals surface area contributed by atoms with Crippen molar-refractivity contribution in [3.8, 4) is 0 Å². The second kappa shape index (κ2) is 5.79. The van der Waals surface area contributed by atoms with Crippen LogP contribution in [-0.2, 0) is 0 Å². The molecule has 112 valence electrons. The lowest BCUT2D eigenvalue weighted by atomic mass is 9.72. The van der Waals surface area contributed by atoms with Gasteiger partial charge >= 0.3 is 6.69 Å². The molecule has 0 saturated heterocycles. The van der Waals surface area contributed by atoms with E-state index in [2.05, 4.69) is 19.9 Å². The molecule has 10 heteroatoms. The zero-order chi connectivity index (χ0) is 14.1. The number of imidazole rings is 4. The van der Waals surface area contributed by atoms with Gasteiger partial charge in [0.2, 0.25) is 24.0 Å². The third-order valence-electron chi connectivity index (χ3n) is 3.70. The van der Waals surface area contributed by atoms with Gasteiger partial charge in [0.1, 0.15) is 0 Å². The van der Waals surface area contributed by atoms with Crippen LogP contribution in [0.2, 0.25) is 0 Å². The quantitative estimate of drug-likeness (QED) is 0.265. The summed E-state index contributed by atoms with van der Waals surface area (Å²) in [5.74, 6) is 0. The van der Waals surface area contributed by atoms with Crippen molar-refractivity contribution in [2.24, 2.45) is 0 Å². The Morgan fingerprint density at radius 2 is 0.773 bits per heavy atom. The van der Waals surface area contributed by atoms with Gasteiger partial charge in [-0.2, -0.15) is 0 Å². The highest BCUT2D eigenvalue weighted by Crippen LogP contribution is 2.16. The van der Waals surface area contributed by atoms with E-state index in [0.29, 0.717) is 0 Å². The molecular weight excluding hydrogens is 394 g/mol. The highest BCUT2D eigenvalue weighted by Gasteiger charge is 2.34. The minimum absolute atomic E-state index is 0. The molecule has 22 heavy (non-hydrogen) atoms. The first-order valence-electron chi connectivity index (χ1n) is 6.50. The molecule has 0 aromatic carbocycles. The molecule has 0 spiro atoms. The molecule has 0 aliphatic heterocycles. The SMILES string of the molecule is [IH2+].c1cn([B-](n2ccnc2)(n2ccnc2)n2ccnc2)cn1. The summed E-state index contributed by atoms with van der Waals surface area (Å²) in [6.07, 6.45) is 21.8. The molecule has 0 saturated carbocycles. The monoisotopic (exact) mass is 408 g/mol. The average Bonchev–Trinajstić information content (AvgIpc) is 3.32. The first-order chi connectivity index (χ1) is 10.4. The molecule has 4 aromatic heterocycles. The molecule has 0 bridgehead atoms. The van der Waals surface area contributed by atoms with Crippen LogP contribution in [-0.4, -0.2) is 44.5 Å². The van der Waals surface area contributed by atoms with Crippen LogP contribution >= 0.6 is 0 Å². The van der Waals surface area contributed by atoms with Crippen molar-refractivity contribution in [2.45, 2.75) is 0 Å². The molecule has 4 rings (SSSR count). The summed E-state index contributed by atoms with van der Waals surface area (Å²) in [5, 5.41) is 0. The summed E-state index contributed by atoms with van der Waals surface area (Å²) in [6.45, 7) is -1.64. The predicted molar refractivity (Wildman–Crippen MR) is 79.0 cm³/mol. The van der Waals surface area contributed by atoms with Gasteiger partial charge in [0.15, 0.2) is 0 Å². The Bertz CT molecular complexity index is 649. The van der Waals surface area contributed by atoms with E-state index in [-0.39, 0.29) is 24.0 Å². The molecule has 4 heterocycles. The molecule has 0 atom stereocenters. The molecule has 0 aliphatic rings. The van der Waals surface area contributed by atoms with Crippen molar-refractivity contribution in [1.29, 1.82) is 0 Å². The molecule has 0 amide bonds. The van der Waals surface area contributed by atoms with Crippen molar-refractivity contribution in [3.63, 3.8) is 0 Å². The van der Waals surface area contributed by atoms with Crippen LogP contribution < -0.4 is 24.0 Å². The van der Waals surface area contributed by atoms with E-state index in [1.165, 1.54) is 0 Å². The number of hydrogen-bond donors (Lipinski definition) is 0. The first kappa shape index (κ1) is 14.6. The van der Waals surface area contributed by atoms with Gasteiger partial charge in [-0.1, -0.05) is 0 Å².